The molecule has 2 aromatic rings. The summed E-state index contributed by atoms with van der Waals surface area (Å²) in [6.45, 7) is 5.71. The summed E-state index contributed by atoms with van der Waals surface area (Å²) in [5, 5.41) is 11.9. The largest absolute Gasteiger partial charge is 0.508 e. The number of ether oxygens (including phenoxy) is 1. The van der Waals surface area contributed by atoms with Crippen molar-refractivity contribution in [3.8, 4) is 5.75 Å². The number of carbonyl (C=O) groups is 2. The van der Waals surface area contributed by atoms with E-state index in [0.717, 1.165) is 12.2 Å². The van der Waals surface area contributed by atoms with E-state index in [0.29, 0.717) is 13.1 Å². The van der Waals surface area contributed by atoms with Crippen LogP contribution in [0.3, 0.4) is 0 Å². The number of rotatable bonds is 8. The molecular formula is C20H24N2O4. The Hall–Kier alpha value is -3.02. The zero-order chi connectivity index (χ0) is 18.9. The highest BCUT2D eigenvalue weighted by Crippen LogP contribution is 2.15. The molecule has 0 saturated heterocycles. The molecule has 138 valence electrons. The number of nitrogens with one attached hydrogen (secondary N) is 1. The molecule has 0 bridgehead atoms. The first-order valence-corrected chi connectivity index (χ1v) is 8.54. The smallest absolute Gasteiger partial charge is 0.338 e. The van der Waals surface area contributed by atoms with Crippen molar-refractivity contribution in [1.82, 2.24) is 5.32 Å². The highest BCUT2D eigenvalue weighted by atomic mass is 16.5. The van der Waals surface area contributed by atoms with E-state index < -0.39 is 5.97 Å². The number of hydrogen-bond acceptors (Lipinski definition) is 5. The SMILES string of the molecule is CCN(CCNC(=O)COC(=O)c1ccc(O)cc1)c1cccc(C)c1. The number of likely N-dealkylation sites (N-methyl/N-ethyl adjacent to an activating group) is 1. The lowest BCUT2D eigenvalue weighted by molar-refractivity contribution is -0.124. The molecule has 1 amide bonds. The van der Waals surface area contributed by atoms with Gasteiger partial charge in [0.05, 0.1) is 5.56 Å². The van der Waals surface area contributed by atoms with E-state index in [4.69, 9.17) is 4.74 Å². The van der Waals surface area contributed by atoms with Crippen LogP contribution in [0.1, 0.15) is 22.8 Å². The van der Waals surface area contributed by atoms with Gasteiger partial charge in [-0.15, -0.1) is 0 Å². The number of hydrogen-bond donors (Lipinski definition) is 2. The Morgan fingerprint density at radius 3 is 2.54 bits per heavy atom. The van der Waals surface area contributed by atoms with Crippen LogP contribution in [0.25, 0.3) is 0 Å². The van der Waals surface area contributed by atoms with E-state index >= 15 is 0 Å². The Balaban J connectivity index is 1.74. The Morgan fingerprint density at radius 2 is 1.88 bits per heavy atom. The van der Waals surface area contributed by atoms with Crippen molar-refractivity contribution >= 4 is 17.6 Å². The van der Waals surface area contributed by atoms with Gasteiger partial charge in [-0.3, -0.25) is 4.79 Å². The highest BCUT2D eigenvalue weighted by Gasteiger charge is 2.10. The number of amides is 1. The van der Waals surface area contributed by atoms with Gasteiger partial charge in [0, 0.05) is 25.3 Å². The van der Waals surface area contributed by atoms with Crippen molar-refractivity contribution in [3.63, 3.8) is 0 Å². The maximum atomic E-state index is 11.8. The van der Waals surface area contributed by atoms with Gasteiger partial charge in [0.1, 0.15) is 5.75 Å². The predicted octanol–water partition coefficient (Wildman–Crippen LogP) is 2.50. The van der Waals surface area contributed by atoms with Gasteiger partial charge in [0.25, 0.3) is 5.91 Å². The van der Waals surface area contributed by atoms with E-state index in [9.17, 15) is 14.7 Å². The predicted molar refractivity (Wildman–Crippen MR) is 100 cm³/mol. The van der Waals surface area contributed by atoms with Gasteiger partial charge in [-0.25, -0.2) is 4.79 Å². The van der Waals surface area contributed by atoms with Gasteiger partial charge in [-0.05, 0) is 55.8 Å². The zero-order valence-electron chi connectivity index (χ0n) is 15.1. The summed E-state index contributed by atoms with van der Waals surface area (Å²) >= 11 is 0. The third kappa shape index (κ3) is 5.81. The summed E-state index contributed by atoms with van der Waals surface area (Å²) in [5.41, 5.74) is 2.58. The Labute approximate surface area is 153 Å². The first-order valence-electron chi connectivity index (χ1n) is 8.54. The van der Waals surface area contributed by atoms with Crippen LogP contribution in [-0.2, 0) is 9.53 Å². The summed E-state index contributed by atoms with van der Waals surface area (Å²) in [4.78, 5) is 25.8. The average Bonchev–Trinajstić information content (AvgIpc) is 2.64. The molecular weight excluding hydrogens is 332 g/mol. The second-order valence-electron chi connectivity index (χ2n) is 5.89. The summed E-state index contributed by atoms with van der Waals surface area (Å²) in [6, 6.07) is 13.9. The molecule has 0 aliphatic rings. The summed E-state index contributed by atoms with van der Waals surface area (Å²) in [7, 11) is 0. The third-order valence-corrected chi connectivity index (χ3v) is 3.89. The Morgan fingerprint density at radius 1 is 1.15 bits per heavy atom. The number of phenolic OH excluding ortho intramolecular Hbond substituents is 1. The molecule has 6 nitrogen and oxygen atoms in total. The van der Waals surface area contributed by atoms with Crippen molar-refractivity contribution < 1.29 is 19.4 Å². The molecule has 0 spiro atoms. The van der Waals surface area contributed by atoms with Crippen LogP contribution in [0.5, 0.6) is 5.75 Å². The number of esters is 1. The minimum atomic E-state index is -0.602. The van der Waals surface area contributed by atoms with Crippen molar-refractivity contribution in [2.75, 3.05) is 31.1 Å². The number of benzene rings is 2. The van der Waals surface area contributed by atoms with Gasteiger partial charge in [0.2, 0.25) is 0 Å². The first-order chi connectivity index (χ1) is 12.5. The topological polar surface area (TPSA) is 78.9 Å². The van der Waals surface area contributed by atoms with E-state index in [2.05, 4.69) is 23.2 Å². The molecule has 0 aromatic heterocycles. The lowest BCUT2D eigenvalue weighted by Crippen LogP contribution is -2.36. The molecule has 26 heavy (non-hydrogen) atoms. The molecule has 0 aliphatic carbocycles. The number of carbonyl (C=O) groups excluding carboxylic acids is 2. The lowest BCUT2D eigenvalue weighted by Gasteiger charge is -2.23. The van der Waals surface area contributed by atoms with E-state index in [-0.39, 0.29) is 23.8 Å². The molecule has 2 rings (SSSR count). The third-order valence-electron chi connectivity index (χ3n) is 3.89. The molecule has 0 atom stereocenters. The molecule has 0 saturated carbocycles. The van der Waals surface area contributed by atoms with Gasteiger partial charge >= 0.3 is 5.97 Å². The number of anilines is 1. The van der Waals surface area contributed by atoms with Crippen molar-refractivity contribution in [2.24, 2.45) is 0 Å². The van der Waals surface area contributed by atoms with E-state index in [1.807, 2.05) is 25.1 Å². The van der Waals surface area contributed by atoms with Crippen LogP contribution in [0, 0.1) is 6.92 Å². The zero-order valence-corrected chi connectivity index (χ0v) is 15.1. The minimum Gasteiger partial charge on any atom is -0.508 e. The molecule has 0 heterocycles. The van der Waals surface area contributed by atoms with E-state index in [1.54, 1.807) is 0 Å². The summed E-state index contributed by atoms with van der Waals surface area (Å²) in [5.74, 6) is -0.888. The Kier molecular flexibility index (Phi) is 7.02. The van der Waals surface area contributed by atoms with Crippen LogP contribution < -0.4 is 10.2 Å². The maximum absolute atomic E-state index is 11.8. The van der Waals surface area contributed by atoms with Gasteiger partial charge < -0.3 is 20.1 Å². The van der Waals surface area contributed by atoms with Crippen LogP contribution in [0.2, 0.25) is 0 Å². The molecule has 2 aromatic carbocycles. The molecule has 6 heteroatoms. The fourth-order valence-electron chi connectivity index (χ4n) is 2.49. The fourth-order valence-corrected chi connectivity index (χ4v) is 2.49. The molecule has 0 unspecified atom stereocenters. The van der Waals surface area contributed by atoms with E-state index in [1.165, 1.54) is 29.8 Å². The monoisotopic (exact) mass is 356 g/mol. The van der Waals surface area contributed by atoms with Gasteiger partial charge in [-0.2, -0.15) is 0 Å². The maximum Gasteiger partial charge on any atom is 0.338 e. The van der Waals surface area contributed by atoms with Crippen LogP contribution >= 0.6 is 0 Å². The van der Waals surface area contributed by atoms with Crippen molar-refractivity contribution in [3.05, 3.63) is 59.7 Å². The number of aryl methyl sites for hydroxylation is 1. The van der Waals surface area contributed by atoms with Gasteiger partial charge in [-0.1, -0.05) is 12.1 Å². The van der Waals surface area contributed by atoms with Crippen molar-refractivity contribution in [1.29, 1.82) is 0 Å². The van der Waals surface area contributed by atoms with Crippen molar-refractivity contribution in [2.45, 2.75) is 13.8 Å². The second kappa shape index (κ2) is 9.46. The molecule has 0 aliphatic heterocycles. The summed E-state index contributed by atoms with van der Waals surface area (Å²) in [6.07, 6.45) is 0. The normalized spacial score (nSPS) is 10.2. The lowest BCUT2D eigenvalue weighted by atomic mass is 10.2. The van der Waals surface area contributed by atoms with Crippen LogP contribution in [0.4, 0.5) is 5.69 Å². The standard InChI is InChI=1S/C20H24N2O4/c1-3-22(17-6-4-5-15(2)13-17)12-11-21-19(24)14-26-20(25)16-7-9-18(23)10-8-16/h4-10,13,23H,3,11-12,14H2,1-2H3,(H,21,24). The van der Waals surface area contributed by atoms with Gasteiger partial charge in [0.15, 0.2) is 6.61 Å². The number of phenols is 1. The van der Waals surface area contributed by atoms with Crippen LogP contribution in [-0.4, -0.2) is 43.2 Å². The highest BCUT2D eigenvalue weighted by molar-refractivity contribution is 5.91. The first kappa shape index (κ1) is 19.3. The molecule has 2 N–H and O–H groups in total. The van der Waals surface area contributed by atoms with Crippen LogP contribution in [0.15, 0.2) is 48.5 Å². The molecule has 0 fully saturated rings. The molecule has 0 radical (unpaired) electrons. The fraction of sp³-hybridized carbons (Fsp3) is 0.300. The quantitative estimate of drug-likeness (QED) is 0.711. The average molecular weight is 356 g/mol. The second-order valence-corrected chi connectivity index (χ2v) is 5.89. The number of aromatic hydroxyl groups is 1. The summed E-state index contributed by atoms with van der Waals surface area (Å²) < 4.78 is 4.97. The Bertz CT molecular complexity index is 744. The number of nitrogens with zero attached hydrogens (tertiary/aromatic N) is 1. The minimum absolute atomic E-state index is 0.0633.